The Labute approximate surface area is 210 Å². The van der Waals surface area contributed by atoms with E-state index in [-0.39, 0.29) is 28.2 Å². The average Bonchev–Trinajstić information content (AvgIpc) is 3.12. The molecule has 0 spiro atoms. The third kappa shape index (κ3) is 5.09. The molecule has 2 aromatic carbocycles. The number of nitrogens with zero attached hydrogens (tertiary/aromatic N) is 2. The maximum Gasteiger partial charge on any atom is 0.290 e. The van der Waals surface area contributed by atoms with E-state index in [9.17, 15) is 14.0 Å². The molecule has 0 radical (unpaired) electrons. The summed E-state index contributed by atoms with van der Waals surface area (Å²) in [6, 6.07) is 8.58. The van der Waals surface area contributed by atoms with Crippen LogP contribution in [-0.4, -0.2) is 56.1 Å². The summed E-state index contributed by atoms with van der Waals surface area (Å²) in [4.78, 5) is 30.8. The lowest BCUT2D eigenvalue weighted by Crippen LogP contribution is -2.32. The van der Waals surface area contributed by atoms with Crippen molar-refractivity contribution in [2.75, 3.05) is 40.4 Å². The lowest BCUT2D eigenvalue weighted by atomic mass is 9.98. The number of rotatable bonds is 11. The van der Waals surface area contributed by atoms with Crippen LogP contribution < -0.4 is 14.9 Å². The number of carbonyl (C=O) groups excluding carboxylic acids is 1. The van der Waals surface area contributed by atoms with Crippen LogP contribution in [0.5, 0.6) is 11.5 Å². The van der Waals surface area contributed by atoms with Crippen LogP contribution in [0.4, 0.5) is 4.39 Å². The molecule has 3 aromatic rings. The second-order valence-electron chi connectivity index (χ2n) is 9.21. The third-order valence-corrected chi connectivity index (χ3v) is 6.27. The molecule has 36 heavy (non-hydrogen) atoms. The molecule has 0 bridgehead atoms. The Hall–Kier alpha value is -3.39. The number of ether oxygens (including phenoxy) is 2. The molecule has 0 saturated heterocycles. The first-order valence-corrected chi connectivity index (χ1v) is 12.5. The Morgan fingerprint density at radius 1 is 1.03 bits per heavy atom. The summed E-state index contributed by atoms with van der Waals surface area (Å²) in [5.74, 6) is 0.293. The van der Waals surface area contributed by atoms with Crippen LogP contribution in [0.25, 0.3) is 11.0 Å². The van der Waals surface area contributed by atoms with E-state index in [1.165, 1.54) is 12.1 Å². The van der Waals surface area contributed by atoms with Gasteiger partial charge in [-0.1, -0.05) is 19.4 Å². The molecule has 0 fully saturated rings. The summed E-state index contributed by atoms with van der Waals surface area (Å²) in [6.07, 6.45) is 2.64. The van der Waals surface area contributed by atoms with Gasteiger partial charge in [0.15, 0.2) is 16.9 Å². The van der Waals surface area contributed by atoms with Crippen molar-refractivity contribution in [1.82, 2.24) is 9.80 Å². The van der Waals surface area contributed by atoms with Crippen LogP contribution >= 0.6 is 0 Å². The molecule has 1 amide bonds. The molecule has 192 valence electrons. The number of unbranched alkanes of at least 4 members (excludes halogenated alkanes) is 1. The molecule has 4 rings (SSSR count). The first-order valence-electron chi connectivity index (χ1n) is 12.5. The summed E-state index contributed by atoms with van der Waals surface area (Å²) < 4.78 is 31.7. The quantitative estimate of drug-likeness (QED) is 0.348. The second-order valence-corrected chi connectivity index (χ2v) is 9.21. The monoisotopic (exact) mass is 496 g/mol. The van der Waals surface area contributed by atoms with Crippen LogP contribution in [0.15, 0.2) is 45.6 Å². The molecule has 1 aliphatic heterocycles. The van der Waals surface area contributed by atoms with E-state index in [2.05, 4.69) is 6.92 Å². The van der Waals surface area contributed by atoms with E-state index in [1.54, 1.807) is 4.90 Å². The van der Waals surface area contributed by atoms with Crippen LogP contribution in [0.2, 0.25) is 0 Å². The van der Waals surface area contributed by atoms with Gasteiger partial charge in [-0.15, -0.1) is 0 Å². The van der Waals surface area contributed by atoms with Gasteiger partial charge in [-0.05, 0) is 76.3 Å². The normalized spacial score (nSPS) is 15.1. The molecular weight excluding hydrogens is 463 g/mol. The van der Waals surface area contributed by atoms with Gasteiger partial charge in [0.25, 0.3) is 5.91 Å². The summed E-state index contributed by atoms with van der Waals surface area (Å²) in [5, 5.41) is 0.117. The van der Waals surface area contributed by atoms with Gasteiger partial charge >= 0.3 is 0 Å². The molecule has 1 aromatic heterocycles. The highest BCUT2D eigenvalue weighted by Gasteiger charge is 2.42. The fourth-order valence-electron chi connectivity index (χ4n) is 4.54. The highest BCUT2D eigenvalue weighted by Crippen LogP contribution is 2.41. The lowest BCUT2D eigenvalue weighted by Gasteiger charge is -2.26. The summed E-state index contributed by atoms with van der Waals surface area (Å²) in [6.45, 7) is 6.19. The lowest BCUT2D eigenvalue weighted by molar-refractivity contribution is 0.0722. The summed E-state index contributed by atoms with van der Waals surface area (Å²) in [7, 11) is 3.94. The predicted octanol–water partition coefficient (Wildman–Crippen LogP) is 5.01. The number of hydrogen-bond donors (Lipinski definition) is 0. The van der Waals surface area contributed by atoms with Crippen LogP contribution in [0.1, 0.15) is 60.8 Å². The first kappa shape index (κ1) is 25.7. The van der Waals surface area contributed by atoms with Gasteiger partial charge in [-0.25, -0.2) is 4.39 Å². The van der Waals surface area contributed by atoms with Crippen molar-refractivity contribution in [2.45, 2.75) is 39.2 Å². The SMILES string of the molecule is CCCCOc1ccc([C@H]2c3c(oc4ccc(F)cc4c3=O)C(=O)N2CCCN(C)C)cc1OCC. The minimum Gasteiger partial charge on any atom is -0.490 e. The zero-order valence-corrected chi connectivity index (χ0v) is 21.3. The summed E-state index contributed by atoms with van der Waals surface area (Å²) >= 11 is 0. The van der Waals surface area contributed by atoms with Crippen LogP contribution in [0, 0.1) is 5.82 Å². The maximum absolute atomic E-state index is 14.0. The fourth-order valence-corrected chi connectivity index (χ4v) is 4.54. The van der Waals surface area contributed by atoms with Crippen molar-refractivity contribution in [1.29, 1.82) is 0 Å². The van der Waals surface area contributed by atoms with E-state index in [1.807, 2.05) is 44.1 Å². The molecular formula is C28H33FN2O5. The Balaban J connectivity index is 1.83. The predicted molar refractivity (Wildman–Crippen MR) is 137 cm³/mol. The summed E-state index contributed by atoms with van der Waals surface area (Å²) in [5.41, 5.74) is 0.726. The Bertz CT molecular complexity index is 1300. The number of carbonyl (C=O) groups is 1. The van der Waals surface area contributed by atoms with Crippen molar-refractivity contribution < 1.29 is 23.1 Å². The van der Waals surface area contributed by atoms with E-state index in [0.29, 0.717) is 43.2 Å². The maximum atomic E-state index is 14.0. The number of fused-ring (bicyclic) bond motifs is 2. The van der Waals surface area contributed by atoms with Crippen molar-refractivity contribution >= 4 is 16.9 Å². The Kier molecular flexibility index (Phi) is 7.94. The van der Waals surface area contributed by atoms with Crippen molar-refractivity contribution in [3.8, 4) is 11.5 Å². The number of halogens is 1. The van der Waals surface area contributed by atoms with Crippen molar-refractivity contribution in [2.24, 2.45) is 0 Å². The topological polar surface area (TPSA) is 72.2 Å². The molecule has 0 aliphatic carbocycles. The van der Waals surface area contributed by atoms with Gasteiger partial charge in [0.05, 0.1) is 30.2 Å². The van der Waals surface area contributed by atoms with Gasteiger partial charge in [0, 0.05) is 6.54 Å². The highest BCUT2D eigenvalue weighted by molar-refractivity contribution is 5.99. The minimum atomic E-state index is -0.678. The van der Waals surface area contributed by atoms with Gasteiger partial charge in [0.1, 0.15) is 11.4 Å². The molecule has 7 nitrogen and oxygen atoms in total. The van der Waals surface area contributed by atoms with Gasteiger partial charge in [-0.2, -0.15) is 0 Å². The van der Waals surface area contributed by atoms with Gasteiger partial charge in [0.2, 0.25) is 5.76 Å². The minimum absolute atomic E-state index is 0.00944. The molecule has 0 saturated carbocycles. The molecule has 2 heterocycles. The molecule has 8 heteroatoms. The van der Waals surface area contributed by atoms with Gasteiger partial charge < -0.3 is 23.7 Å². The zero-order chi connectivity index (χ0) is 25.8. The van der Waals surface area contributed by atoms with Gasteiger partial charge in [-0.3, -0.25) is 9.59 Å². The van der Waals surface area contributed by atoms with Crippen molar-refractivity contribution in [3.05, 3.63) is 69.3 Å². The van der Waals surface area contributed by atoms with Crippen LogP contribution in [-0.2, 0) is 0 Å². The van der Waals surface area contributed by atoms with E-state index < -0.39 is 17.3 Å². The Morgan fingerprint density at radius 2 is 1.83 bits per heavy atom. The number of hydrogen-bond acceptors (Lipinski definition) is 6. The largest absolute Gasteiger partial charge is 0.490 e. The van der Waals surface area contributed by atoms with Crippen LogP contribution in [0.3, 0.4) is 0 Å². The second kappa shape index (κ2) is 11.1. The first-order chi connectivity index (χ1) is 17.3. The molecule has 0 unspecified atom stereocenters. The third-order valence-electron chi connectivity index (χ3n) is 6.27. The standard InChI is InChI=1S/C28H33FN2O5/c1-5-7-15-35-22-11-9-18(16-23(22)34-6-2)25-24-26(32)20-17-19(29)10-12-21(20)36-27(24)28(33)31(25)14-8-13-30(3)4/h9-12,16-17,25H,5-8,13-15H2,1-4H3/t25-/m0/s1. The average molecular weight is 497 g/mol. The highest BCUT2D eigenvalue weighted by atomic mass is 19.1. The van der Waals surface area contributed by atoms with E-state index in [4.69, 9.17) is 13.9 Å². The van der Waals surface area contributed by atoms with E-state index >= 15 is 0 Å². The van der Waals surface area contributed by atoms with Crippen molar-refractivity contribution in [3.63, 3.8) is 0 Å². The molecule has 0 N–H and O–H groups in total. The molecule has 1 atom stereocenters. The number of benzene rings is 2. The zero-order valence-electron chi connectivity index (χ0n) is 21.3. The smallest absolute Gasteiger partial charge is 0.290 e. The molecule has 1 aliphatic rings. The number of amides is 1. The Morgan fingerprint density at radius 3 is 2.56 bits per heavy atom. The van der Waals surface area contributed by atoms with E-state index in [0.717, 1.165) is 25.5 Å². The fraction of sp³-hybridized carbons (Fsp3) is 0.429.